The van der Waals surface area contributed by atoms with Crippen LogP contribution in [-0.2, 0) is 6.54 Å². The first-order chi connectivity index (χ1) is 9.16. The van der Waals surface area contributed by atoms with Crippen LogP contribution in [0.15, 0.2) is 18.2 Å². The van der Waals surface area contributed by atoms with Gasteiger partial charge in [0.1, 0.15) is 11.6 Å². The predicted octanol–water partition coefficient (Wildman–Crippen LogP) is 2.93. The zero-order valence-electron chi connectivity index (χ0n) is 11.5. The molecule has 1 aliphatic rings. The lowest BCUT2D eigenvalue weighted by molar-refractivity contribution is 0.175. The van der Waals surface area contributed by atoms with Crippen LogP contribution in [0.1, 0.15) is 31.2 Å². The molecule has 2 nitrogen and oxygen atoms in total. The molecule has 1 aliphatic heterocycles. The Bertz CT molecular complexity index is 409. The summed E-state index contributed by atoms with van der Waals surface area (Å²) in [6.07, 6.45) is 4.89. The standard InChI is InChI=1S/C15H22F2N2/c1-19-9-3-2-4-14(19)7-8-18-11-12-10-13(16)5-6-15(12)17/h5-6,10,14,18H,2-4,7-9,11H2,1H3. The zero-order valence-corrected chi connectivity index (χ0v) is 11.5. The summed E-state index contributed by atoms with van der Waals surface area (Å²) in [7, 11) is 2.16. The van der Waals surface area contributed by atoms with Gasteiger partial charge < -0.3 is 10.2 Å². The molecule has 0 radical (unpaired) electrons. The monoisotopic (exact) mass is 268 g/mol. The molecule has 0 bridgehead atoms. The van der Waals surface area contributed by atoms with Gasteiger partial charge >= 0.3 is 0 Å². The molecule has 0 aromatic heterocycles. The van der Waals surface area contributed by atoms with Crippen LogP contribution in [-0.4, -0.2) is 31.1 Å². The van der Waals surface area contributed by atoms with Crippen LogP contribution in [0.2, 0.25) is 0 Å². The number of benzene rings is 1. The maximum Gasteiger partial charge on any atom is 0.127 e. The van der Waals surface area contributed by atoms with Crippen molar-refractivity contribution < 1.29 is 8.78 Å². The number of hydrogen-bond donors (Lipinski definition) is 1. The van der Waals surface area contributed by atoms with Gasteiger partial charge in [0, 0.05) is 18.2 Å². The lowest BCUT2D eigenvalue weighted by Crippen LogP contribution is -2.38. The van der Waals surface area contributed by atoms with Crippen molar-refractivity contribution in [3.63, 3.8) is 0 Å². The number of rotatable bonds is 5. The van der Waals surface area contributed by atoms with Crippen molar-refractivity contribution in [3.8, 4) is 0 Å². The van der Waals surface area contributed by atoms with Crippen molar-refractivity contribution in [2.45, 2.75) is 38.3 Å². The quantitative estimate of drug-likeness (QED) is 0.826. The van der Waals surface area contributed by atoms with Crippen molar-refractivity contribution in [2.24, 2.45) is 0 Å². The summed E-state index contributed by atoms with van der Waals surface area (Å²) in [5, 5.41) is 3.20. The third kappa shape index (κ3) is 4.25. The largest absolute Gasteiger partial charge is 0.313 e. The summed E-state index contributed by atoms with van der Waals surface area (Å²) < 4.78 is 26.4. The van der Waals surface area contributed by atoms with Gasteiger partial charge in [-0.05, 0) is 57.6 Å². The molecule has 1 fully saturated rings. The van der Waals surface area contributed by atoms with Crippen LogP contribution < -0.4 is 5.32 Å². The van der Waals surface area contributed by atoms with Crippen molar-refractivity contribution in [1.82, 2.24) is 10.2 Å². The van der Waals surface area contributed by atoms with Crippen LogP contribution in [0.4, 0.5) is 8.78 Å². The molecule has 1 heterocycles. The number of likely N-dealkylation sites (tertiary alicyclic amines) is 1. The van der Waals surface area contributed by atoms with E-state index in [4.69, 9.17) is 0 Å². The molecule has 0 aliphatic carbocycles. The van der Waals surface area contributed by atoms with Gasteiger partial charge in [-0.25, -0.2) is 8.78 Å². The molecule has 0 spiro atoms. The number of hydrogen-bond acceptors (Lipinski definition) is 2. The van der Waals surface area contributed by atoms with Gasteiger partial charge in [0.05, 0.1) is 0 Å². The molecule has 1 unspecified atom stereocenters. The van der Waals surface area contributed by atoms with Gasteiger partial charge in [0.2, 0.25) is 0 Å². The van der Waals surface area contributed by atoms with Gasteiger partial charge in [-0.2, -0.15) is 0 Å². The molecule has 4 heteroatoms. The zero-order chi connectivity index (χ0) is 13.7. The fraction of sp³-hybridized carbons (Fsp3) is 0.600. The molecule has 19 heavy (non-hydrogen) atoms. The van der Waals surface area contributed by atoms with E-state index in [2.05, 4.69) is 17.3 Å². The Morgan fingerprint density at radius 3 is 2.95 bits per heavy atom. The third-order valence-corrected chi connectivity index (χ3v) is 3.90. The van der Waals surface area contributed by atoms with Crippen LogP contribution >= 0.6 is 0 Å². The Kier molecular flexibility index (Phi) is 5.28. The van der Waals surface area contributed by atoms with E-state index in [-0.39, 0.29) is 11.6 Å². The van der Waals surface area contributed by atoms with Gasteiger partial charge in [-0.1, -0.05) is 6.42 Å². The first-order valence-electron chi connectivity index (χ1n) is 7.01. The average Bonchev–Trinajstić information content (AvgIpc) is 2.40. The van der Waals surface area contributed by atoms with E-state index < -0.39 is 0 Å². The first-order valence-corrected chi connectivity index (χ1v) is 7.01. The first kappa shape index (κ1) is 14.4. The van der Waals surface area contributed by atoms with E-state index in [1.165, 1.54) is 37.9 Å². The van der Waals surface area contributed by atoms with Gasteiger partial charge in [0.15, 0.2) is 0 Å². The number of piperidine rings is 1. The Labute approximate surface area is 113 Å². The van der Waals surface area contributed by atoms with E-state index in [0.717, 1.165) is 19.0 Å². The van der Waals surface area contributed by atoms with Crippen molar-refractivity contribution in [1.29, 1.82) is 0 Å². The molecular formula is C15H22F2N2. The van der Waals surface area contributed by atoms with E-state index >= 15 is 0 Å². The van der Waals surface area contributed by atoms with E-state index in [9.17, 15) is 8.78 Å². The molecule has 0 saturated carbocycles. The Morgan fingerprint density at radius 2 is 2.16 bits per heavy atom. The maximum atomic E-state index is 13.4. The molecule has 1 saturated heterocycles. The number of halogens is 2. The van der Waals surface area contributed by atoms with Gasteiger partial charge in [0.25, 0.3) is 0 Å². The second kappa shape index (κ2) is 6.96. The summed E-state index contributed by atoms with van der Waals surface area (Å²) in [5.74, 6) is -0.728. The lowest BCUT2D eigenvalue weighted by Gasteiger charge is -2.32. The fourth-order valence-corrected chi connectivity index (χ4v) is 2.68. The summed E-state index contributed by atoms with van der Waals surface area (Å²) in [5.41, 5.74) is 0.400. The Morgan fingerprint density at radius 1 is 1.32 bits per heavy atom. The van der Waals surface area contributed by atoms with E-state index in [1.54, 1.807) is 0 Å². The van der Waals surface area contributed by atoms with E-state index in [0.29, 0.717) is 18.2 Å². The topological polar surface area (TPSA) is 15.3 Å². The number of nitrogens with one attached hydrogen (secondary N) is 1. The molecule has 2 rings (SSSR count). The second-order valence-corrected chi connectivity index (χ2v) is 5.33. The van der Waals surface area contributed by atoms with Crippen molar-refractivity contribution >= 4 is 0 Å². The Hall–Kier alpha value is -1.00. The highest BCUT2D eigenvalue weighted by Crippen LogP contribution is 2.17. The lowest BCUT2D eigenvalue weighted by atomic mass is 10.0. The molecule has 1 aromatic carbocycles. The van der Waals surface area contributed by atoms with Crippen LogP contribution in [0.25, 0.3) is 0 Å². The highest BCUT2D eigenvalue weighted by Gasteiger charge is 2.17. The fourth-order valence-electron chi connectivity index (χ4n) is 2.68. The molecule has 1 aromatic rings. The molecular weight excluding hydrogens is 246 g/mol. The van der Waals surface area contributed by atoms with Crippen LogP contribution in [0.3, 0.4) is 0 Å². The van der Waals surface area contributed by atoms with Crippen molar-refractivity contribution in [3.05, 3.63) is 35.4 Å². The summed E-state index contributed by atoms with van der Waals surface area (Å²) in [4.78, 5) is 2.40. The second-order valence-electron chi connectivity index (χ2n) is 5.33. The molecule has 0 amide bonds. The predicted molar refractivity (Wildman–Crippen MR) is 73.0 cm³/mol. The SMILES string of the molecule is CN1CCCCC1CCNCc1cc(F)ccc1F. The van der Waals surface area contributed by atoms with E-state index in [1.807, 2.05) is 0 Å². The highest BCUT2D eigenvalue weighted by molar-refractivity contribution is 5.18. The normalized spacial score (nSPS) is 20.7. The molecule has 1 N–H and O–H groups in total. The van der Waals surface area contributed by atoms with Crippen LogP contribution in [0, 0.1) is 11.6 Å². The smallest absolute Gasteiger partial charge is 0.127 e. The molecule has 1 atom stereocenters. The van der Waals surface area contributed by atoms with Gasteiger partial charge in [-0.3, -0.25) is 0 Å². The summed E-state index contributed by atoms with van der Waals surface area (Å²) >= 11 is 0. The maximum absolute atomic E-state index is 13.4. The Balaban J connectivity index is 1.73. The minimum Gasteiger partial charge on any atom is -0.313 e. The number of nitrogens with zero attached hydrogens (tertiary/aromatic N) is 1. The van der Waals surface area contributed by atoms with Crippen molar-refractivity contribution in [2.75, 3.05) is 20.1 Å². The summed E-state index contributed by atoms with van der Waals surface area (Å²) in [6, 6.07) is 4.21. The third-order valence-electron chi connectivity index (χ3n) is 3.90. The minimum atomic E-state index is -0.384. The summed E-state index contributed by atoms with van der Waals surface area (Å²) in [6.45, 7) is 2.40. The minimum absolute atomic E-state index is 0.344. The highest BCUT2D eigenvalue weighted by atomic mass is 19.1. The molecule has 106 valence electrons. The van der Waals surface area contributed by atoms with Crippen LogP contribution in [0.5, 0.6) is 0 Å². The average molecular weight is 268 g/mol. The van der Waals surface area contributed by atoms with Gasteiger partial charge in [-0.15, -0.1) is 0 Å².